The van der Waals surface area contributed by atoms with E-state index in [1.807, 2.05) is 11.8 Å². The molecule has 0 aromatic rings. The highest BCUT2D eigenvalue weighted by atomic mass is 32.2. The van der Waals surface area contributed by atoms with E-state index in [9.17, 15) is 0 Å². The molecule has 2 heteroatoms. The van der Waals surface area contributed by atoms with Gasteiger partial charge in [0.05, 0.1) is 0 Å². The minimum atomic E-state index is 0.775. The Kier molecular flexibility index (Phi) is 10.6. The lowest BCUT2D eigenvalue weighted by Crippen LogP contribution is -2.28. The zero-order chi connectivity index (χ0) is 9.94. The Morgan fingerprint density at radius 2 is 1.92 bits per heavy atom. The molecule has 0 amide bonds. The topological polar surface area (TPSA) is 12.0 Å². The van der Waals surface area contributed by atoms with Crippen LogP contribution in [0, 0.1) is 0 Å². The summed E-state index contributed by atoms with van der Waals surface area (Å²) >= 11 is 1.96. The van der Waals surface area contributed by atoms with Gasteiger partial charge in [0.25, 0.3) is 0 Å². The van der Waals surface area contributed by atoms with Gasteiger partial charge in [-0.05, 0) is 37.8 Å². The van der Waals surface area contributed by atoms with Crippen LogP contribution in [0.25, 0.3) is 0 Å². The molecule has 0 bridgehead atoms. The summed E-state index contributed by atoms with van der Waals surface area (Å²) in [5.41, 5.74) is 0. The second-order valence-corrected chi connectivity index (χ2v) is 4.52. The lowest BCUT2D eigenvalue weighted by atomic mass is 10.1. The van der Waals surface area contributed by atoms with E-state index in [-0.39, 0.29) is 0 Å². The van der Waals surface area contributed by atoms with Crippen LogP contribution in [-0.4, -0.2) is 24.6 Å². The SMILES string of the molecule is CCCC(CCCCSC)NCC. The van der Waals surface area contributed by atoms with Crippen molar-refractivity contribution in [2.24, 2.45) is 0 Å². The van der Waals surface area contributed by atoms with Crippen LogP contribution in [0.1, 0.15) is 46.0 Å². The van der Waals surface area contributed by atoms with Crippen LogP contribution in [0.15, 0.2) is 0 Å². The fourth-order valence-electron chi connectivity index (χ4n) is 1.62. The molecule has 1 unspecified atom stereocenters. The molecule has 1 N–H and O–H groups in total. The first-order valence-corrected chi connectivity index (χ1v) is 6.96. The van der Waals surface area contributed by atoms with Crippen LogP contribution >= 0.6 is 11.8 Å². The van der Waals surface area contributed by atoms with Gasteiger partial charge in [0.1, 0.15) is 0 Å². The van der Waals surface area contributed by atoms with Crippen LogP contribution in [0.4, 0.5) is 0 Å². The molecule has 13 heavy (non-hydrogen) atoms. The third-order valence-electron chi connectivity index (χ3n) is 2.28. The monoisotopic (exact) mass is 203 g/mol. The Morgan fingerprint density at radius 3 is 2.46 bits per heavy atom. The van der Waals surface area contributed by atoms with E-state index in [0.29, 0.717) is 0 Å². The summed E-state index contributed by atoms with van der Waals surface area (Å²) in [4.78, 5) is 0. The van der Waals surface area contributed by atoms with Crippen molar-refractivity contribution in [2.75, 3.05) is 18.6 Å². The number of hydrogen-bond acceptors (Lipinski definition) is 2. The van der Waals surface area contributed by atoms with Gasteiger partial charge in [-0.3, -0.25) is 0 Å². The van der Waals surface area contributed by atoms with E-state index in [2.05, 4.69) is 25.4 Å². The smallest absolute Gasteiger partial charge is 0.00668 e. The molecule has 80 valence electrons. The third-order valence-corrected chi connectivity index (χ3v) is 2.98. The summed E-state index contributed by atoms with van der Waals surface area (Å²) < 4.78 is 0. The highest BCUT2D eigenvalue weighted by Crippen LogP contribution is 2.08. The molecule has 0 aliphatic heterocycles. The molecule has 1 nitrogen and oxygen atoms in total. The molecule has 0 saturated carbocycles. The molecule has 0 radical (unpaired) electrons. The van der Waals surface area contributed by atoms with Gasteiger partial charge in [0, 0.05) is 6.04 Å². The Morgan fingerprint density at radius 1 is 1.15 bits per heavy atom. The van der Waals surface area contributed by atoms with Gasteiger partial charge in [-0.15, -0.1) is 0 Å². The average Bonchev–Trinajstić information content (AvgIpc) is 2.13. The summed E-state index contributed by atoms with van der Waals surface area (Å²) in [5.74, 6) is 1.32. The maximum absolute atomic E-state index is 3.55. The first-order valence-electron chi connectivity index (χ1n) is 5.57. The van der Waals surface area contributed by atoms with Gasteiger partial charge < -0.3 is 5.32 Å². The molecule has 0 fully saturated rings. The van der Waals surface area contributed by atoms with Crippen molar-refractivity contribution in [1.82, 2.24) is 5.32 Å². The predicted molar refractivity (Wildman–Crippen MR) is 64.6 cm³/mol. The molecule has 0 aliphatic carbocycles. The van der Waals surface area contributed by atoms with Gasteiger partial charge in [-0.2, -0.15) is 11.8 Å². The molecule has 1 atom stereocenters. The van der Waals surface area contributed by atoms with E-state index in [1.165, 1.54) is 37.9 Å². The zero-order valence-corrected chi connectivity index (χ0v) is 10.3. The average molecular weight is 203 g/mol. The molecule has 0 aromatic heterocycles. The first kappa shape index (κ1) is 13.3. The van der Waals surface area contributed by atoms with Crippen molar-refractivity contribution < 1.29 is 0 Å². The van der Waals surface area contributed by atoms with E-state index >= 15 is 0 Å². The van der Waals surface area contributed by atoms with E-state index in [4.69, 9.17) is 0 Å². The molecule has 0 heterocycles. The molecule has 0 aliphatic rings. The van der Waals surface area contributed by atoms with Gasteiger partial charge in [0.15, 0.2) is 0 Å². The summed E-state index contributed by atoms with van der Waals surface area (Å²) in [6.07, 6.45) is 8.97. The lowest BCUT2D eigenvalue weighted by molar-refractivity contribution is 0.446. The van der Waals surface area contributed by atoms with Gasteiger partial charge >= 0.3 is 0 Å². The minimum absolute atomic E-state index is 0.775. The molecule has 0 spiro atoms. The van der Waals surface area contributed by atoms with Crippen molar-refractivity contribution in [3.05, 3.63) is 0 Å². The van der Waals surface area contributed by atoms with Crippen molar-refractivity contribution in [3.8, 4) is 0 Å². The summed E-state index contributed by atoms with van der Waals surface area (Å²) in [6.45, 7) is 5.59. The maximum atomic E-state index is 3.55. The van der Waals surface area contributed by atoms with Crippen molar-refractivity contribution in [1.29, 1.82) is 0 Å². The number of rotatable bonds is 9. The van der Waals surface area contributed by atoms with Crippen LogP contribution in [0.3, 0.4) is 0 Å². The predicted octanol–water partition coefficient (Wildman–Crippen LogP) is 3.30. The number of thioether (sulfide) groups is 1. The first-order chi connectivity index (χ1) is 6.35. The molecular formula is C11H25NS. The normalized spacial score (nSPS) is 13.2. The van der Waals surface area contributed by atoms with E-state index in [0.717, 1.165) is 12.6 Å². The molecular weight excluding hydrogens is 178 g/mol. The Hall–Kier alpha value is 0.310. The zero-order valence-electron chi connectivity index (χ0n) is 9.44. The van der Waals surface area contributed by atoms with Crippen LogP contribution in [-0.2, 0) is 0 Å². The van der Waals surface area contributed by atoms with Crippen molar-refractivity contribution >= 4 is 11.8 Å². The molecule has 0 saturated heterocycles. The number of nitrogens with one attached hydrogen (secondary N) is 1. The summed E-state index contributed by atoms with van der Waals surface area (Å²) in [7, 11) is 0. The quantitative estimate of drug-likeness (QED) is 0.577. The Bertz CT molecular complexity index is 90.1. The largest absolute Gasteiger partial charge is 0.314 e. The lowest BCUT2D eigenvalue weighted by Gasteiger charge is -2.16. The highest BCUT2D eigenvalue weighted by molar-refractivity contribution is 7.98. The fraction of sp³-hybridized carbons (Fsp3) is 1.00. The van der Waals surface area contributed by atoms with Crippen LogP contribution < -0.4 is 5.32 Å². The van der Waals surface area contributed by atoms with E-state index in [1.54, 1.807) is 0 Å². The fourth-order valence-corrected chi connectivity index (χ4v) is 2.12. The standard InChI is InChI=1S/C11H25NS/c1-4-8-11(12-5-2)9-6-7-10-13-3/h11-12H,4-10H2,1-3H3. The second-order valence-electron chi connectivity index (χ2n) is 3.53. The number of hydrogen-bond donors (Lipinski definition) is 1. The molecule has 0 rings (SSSR count). The van der Waals surface area contributed by atoms with Crippen molar-refractivity contribution in [2.45, 2.75) is 52.0 Å². The third kappa shape index (κ3) is 8.63. The van der Waals surface area contributed by atoms with Gasteiger partial charge in [0.2, 0.25) is 0 Å². The number of unbranched alkanes of at least 4 members (excludes halogenated alkanes) is 1. The van der Waals surface area contributed by atoms with Gasteiger partial charge in [-0.25, -0.2) is 0 Å². The van der Waals surface area contributed by atoms with E-state index < -0.39 is 0 Å². The van der Waals surface area contributed by atoms with Crippen LogP contribution in [0.2, 0.25) is 0 Å². The Balaban J connectivity index is 3.33. The highest BCUT2D eigenvalue weighted by Gasteiger charge is 2.04. The second kappa shape index (κ2) is 10.4. The summed E-state index contributed by atoms with van der Waals surface area (Å²) in [5, 5.41) is 3.55. The minimum Gasteiger partial charge on any atom is -0.314 e. The van der Waals surface area contributed by atoms with Gasteiger partial charge in [-0.1, -0.05) is 26.7 Å². The molecule has 0 aromatic carbocycles. The summed E-state index contributed by atoms with van der Waals surface area (Å²) in [6, 6.07) is 0.775. The maximum Gasteiger partial charge on any atom is 0.00668 e. The van der Waals surface area contributed by atoms with Crippen LogP contribution in [0.5, 0.6) is 0 Å². The Labute approximate surface area is 88.1 Å². The van der Waals surface area contributed by atoms with Crippen molar-refractivity contribution in [3.63, 3.8) is 0 Å².